The molecule has 0 spiro atoms. The van der Waals surface area contributed by atoms with E-state index in [1.807, 2.05) is 6.07 Å². The molecular formula is C24H23F2N3O5. The standard InChI is InChI=1S/C24H23F2N3O5/c1-15-21(23(32)29(28(15)3)18-7-5-4-6-8-18)27-22(31)16(2)33-20(30)14-11-17-9-12-19(13-10-17)34-24(25)26/h4-14,16,24H,1-3H3,(H,27,31)/b14-11+/t16-/m1/s1. The zero-order valence-electron chi connectivity index (χ0n) is 18.7. The van der Waals surface area contributed by atoms with Gasteiger partial charge in [0.25, 0.3) is 11.5 Å². The maximum absolute atomic E-state index is 12.9. The van der Waals surface area contributed by atoms with Crippen LogP contribution in [-0.4, -0.2) is 34.0 Å². The van der Waals surface area contributed by atoms with Crippen molar-refractivity contribution in [2.24, 2.45) is 7.05 Å². The summed E-state index contributed by atoms with van der Waals surface area (Å²) < 4.78 is 36.8. The summed E-state index contributed by atoms with van der Waals surface area (Å²) in [5.74, 6) is -1.47. The van der Waals surface area contributed by atoms with Crippen LogP contribution >= 0.6 is 0 Å². The molecule has 8 nitrogen and oxygen atoms in total. The number of aromatic nitrogens is 2. The van der Waals surface area contributed by atoms with Crippen molar-refractivity contribution in [1.29, 1.82) is 0 Å². The van der Waals surface area contributed by atoms with Crippen molar-refractivity contribution in [2.75, 3.05) is 5.32 Å². The molecular weight excluding hydrogens is 448 g/mol. The van der Waals surface area contributed by atoms with E-state index in [0.29, 0.717) is 16.9 Å². The van der Waals surface area contributed by atoms with Gasteiger partial charge < -0.3 is 14.8 Å². The van der Waals surface area contributed by atoms with Crippen LogP contribution in [0.1, 0.15) is 18.2 Å². The minimum Gasteiger partial charge on any atom is -0.449 e. The first kappa shape index (κ1) is 24.4. The van der Waals surface area contributed by atoms with E-state index in [9.17, 15) is 23.2 Å². The highest BCUT2D eigenvalue weighted by Crippen LogP contribution is 2.16. The van der Waals surface area contributed by atoms with Gasteiger partial charge in [-0.3, -0.25) is 14.3 Å². The Morgan fingerprint density at radius 1 is 1.06 bits per heavy atom. The van der Waals surface area contributed by atoms with Crippen molar-refractivity contribution in [2.45, 2.75) is 26.6 Å². The second-order valence-electron chi connectivity index (χ2n) is 7.29. The number of ether oxygens (including phenoxy) is 2. The van der Waals surface area contributed by atoms with Gasteiger partial charge in [0, 0.05) is 13.1 Å². The molecule has 0 aliphatic rings. The summed E-state index contributed by atoms with van der Waals surface area (Å²) in [6.45, 7) is 0.142. The zero-order chi connectivity index (χ0) is 24.8. The largest absolute Gasteiger partial charge is 0.449 e. The monoisotopic (exact) mass is 471 g/mol. The molecule has 1 amide bonds. The van der Waals surface area contributed by atoms with Gasteiger partial charge in [0.1, 0.15) is 11.4 Å². The summed E-state index contributed by atoms with van der Waals surface area (Å²) in [4.78, 5) is 37.5. The summed E-state index contributed by atoms with van der Waals surface area (Å²) >= 11 is 0. The molecule has 0 radical (unpaired) electrons. The lowest BCUT2D eigenvalue weighted by Gasteiger charge is -2.11. The molecule has 1 aromatic heterocycles. The highest BCUT2D eigenvalue weighted by atomic mass is 19.3. The van der Waals surface area contributed by atoms with Gasteiger partial charge >= 0.3 is 12.6 Å². The molecule has 10 heteroatoms. The number of hydrogen-bond donors (Lipinski definition) is 1. The molecule has 0 aliphatic heterocycles. The average Bonchev–Trinajstić information content (AvgIpc) is 3.01. The number of carbonyl (C=O) groups is 2. The number of hydrogen-bond acceptors (Lipinski definition) is 5. The molecule has 0 saturated carbocycles. The number of nitrogens with zero attached hydrogens (tertiary/aromatic N) is 2. The molecule has 0 bridgehead atoms. The van der Waals surface area contributed by atoms with E-state index in [0.717, 1.165) is 6.08 Å². The third kappa shape index (κ3) is 5.77. The van der Waals surface area contributed by atoms with Gasteiger partial charge in [-0.1, -0.05) is 30.3 Å². The predicted octanol–water partition coefficient (Wildman–Crippen LogP) is 3.67. The predicted molar refractivity (Wildman–Crippen MR) is 122 cm³/mol. The summed E-state index contributed by atoms with van der Waals surface area (Å²) in [7, 11) is 1.69. The molecule has 1 heterocycles. The third-order valence-corrected chi connectivity index (χ3v) is 4.98. The second-order valence-corrected chi connectivity index (χ2v) is 7.29. The van der Waals surface area contributed by atoms with Gasteiger partial charge in [-0.05, 0) is 49.8 Å². The maximum Gasteiger partial charge on any atom is 0.387 e. The second kappa shape index (κ2) is 10.6. The number of halogens is 2. The minimum absolute atomic E-state index is 0.0115. The van der Waals surface area contributed by atoms with Gasteiger partial charge in [-0.25, -0.2) is 9.48 Å². The Hall–Kier alpha value is -4.21. The number of nitrogens with one attached hydrogen (secondary N) is 1. The Kier molecular flexibility index (Phi) is 7.62. The van der Waals surface area contributed by atoms with Crippen molar-refractivity contribution >= 4 is 23.6 Å². The molecule has 0 unspecified atom stereocenters. The van der Waals surface area contributed by atoms with E-state index in [2.05, 4.69) is 10.1 Å². The number of para-hydroxylation sites is 1. The maximum atomic E-state index is 12.9. The Morgan fingerprint density at radius 3 is 2.32 bits per heavy atom. The number of esters is 1. The highest BCUT2D eigenvalue weighted by molar-refractivity contribution is 5.97. The van der Waals surface area contributed by atoms with Crippen LogP contribution in [0.5, 0.6) is 5.75 Å². The van der Waals surface area contributed by atoms with Crippen LogP contribution in [0.2, 0.25) is 0 Å². The van der Waals surface area contributed by atoms with Crippen LogP contribution in [0.4, 0.5) is 14.5 Å². The van der Waals surface area contributed by atoms with Crippen molar-refractivity contribution in [1.82, 2.24) is 9.36 Å². The van der Waals surface area contributed by atoms with Crippen molar-refractivity contribution in [3.8, 4) is 11.4 Å². The van der Waals surface area contributed by atoms with E-state index in [1.165, 1.54) is 41.9 Å². The van der Waals surface area contributed by atoms with Crippen LogP contribution in [0.3, 0.4) is 0 Å². The number of carbonyl (C=O) groups excluding carboxylic acids is 2. The molecule has 0 aliphatic carbocycles. The van der Waals surface area contributed by atoms with Gasteiger partial charge in [0.15, 0.2) is 6.10 Å². The van der Waals surface area contributed by atoms with E-state index >= 15 is 0 Å². The summed E-state index contributed by atoms with van der Waals surface area (Å²) in [5.41, 5.74) is 1.37. The van der Waals surface area contributed by atoms with E-state index in [-0.39, 0.29) is 11.4 Å². The quantitative estimate of drug-likeness (QED) is 0.400. The summed E-state index contributed by atoms with van der Waals surface area (Å²) in [6.07, 6.45) is 1.32. The van der Waals surface area contributed by atoms with Crippen molar-refractivity contribution in [3.63, 3.8) is 0 Å². The number of amides is 1. The minimum atomic E-state index is -2.93. The summed E-state index contributed by atoms with van der Waals surface area (Å²) in [5, 5.41) is 2.54. The fraction of sp³-hybridized carbons (Fsp3) is 0.208. The van der Waals surface area contributed by atoms with Crippen LogP contribution in [0.15, 0.2) is 65.5 Å². The van der Waals surface area contributed by atoms with Gasteiger partial charge in [0.2, 0.25) is 0 Å². The molecule has 0 saturated heterocycles. The number of alkyl halides is 2. The average molecular weight is 471 g/mol. The third-order valence-electron chi connectivity index (χ3n) is 4.98. The SMILES string of the molecule is Cc1c(NC(=O)[C@@H](C)OC(=O)/C=C/c2ccc(OC(F)F)cc2)c(=O)n(-c2ccccc2)n1C. The first-order valence-electron chi connectivity index (χ1n) is 10.3. The Balaban J connectivity index is 1.63. The normalized spacial score (nSPS) is 12.1. The Labute approximate surface area is 194 Å². The zero-order valence-corrected chi connectivity index (χ0v) is 18.7. The number of benzene rings is 2. The first-order chi connectivity index (χ1) is 16.2. The van der Waals surface area contributed by atoms with E-state index in [4.69, 9.17) is 4.74 Å². The highest BCUT2D eigenvalue weighted by Gasteiger charge is 2.22. The van der Waals surface area contributed by atoms with Crippen LogP contribution in [0, 0.1) is 6.92 Å². The van der Waals surface area contributed by atoms with Crippen LogP contribution < -0.4 is 15.6 Å². The van der Waals surface area contributed by atoms with Crippen molar-refractivity contribution in [3.05, 3.63) is 82.3 Å². The molecule has 1 atom stereocenters. The Bertz CT molecular complexity index is 1250. The lowest BCUT2D eigenvalue weighted by Crippen LogP contribution is -2.31. The van der Waals surface area contributed by atoms with Gasteiger partial charge in [-0.15, -0.1) is 0 Å². The molecule has 1 N–H and O–H groups in total. The lowest BCUT2D eigenvalue weighted by atomic mass is 10.2. The number of rotatable bonds is 8. The molecule has 2 aromatic carbocycles. The summed E-state index contributed by atoms with van der Waals surface area (Å²) in [6, 6.07) is 14.6. The van der Waals surface area contributed by atoms with Crippen molar-refractivity contribution < 1.29 is 27.8 Å². The molecule has 178 valence electrons. The van der Waals surface area contributed by atoms with Gasteiger partial charge in [0.05, 0.1) is 11.4 Å². The molecule has 3 aromatic rings. The Morgan fingerprint density at radius 2 is 1.71 bits per heavy atom. The van der Waals surface area contributed by atoms with Crippen LogP contribution in [0.25, 0.3) is 11.8 Å². The smallest absolute Gasteiger partial charge is 0.387 e. The van der Waals surface area contributed by atoms with E-state index in [1.54, 1.807) is 42.9 Å². The topological polar surface area (TPSA) is 91.6 Å². The van der Waals surface area contributed by atoms with E-state index < -0.39 is 30.2 Å². The fourth-order valence-electron chi connectivity index (χ4n) is 3.13. The fourth-order valence-corrected chi connectivity index (χ4v) is 3.13. The molecule has 34 heavy (non-hydrogen) atoms. The van der Waals surface area contributed by atoms with Gasteiger partial charge in [-0.2, -0.15) is 8.78 Å². The number of anilines is 1. The lowest BCUT2D eigenvalue weighted by molar-refractivity contribution is -0.148. The molecule has 3 rings (SSSR count). The first-order valence-corrected chi connectivity index (χ1v) is 10.3. The molecule has 0 fully saturated rings. The van der Waals surface area contributed by atoms with Crippen LogP contribution in [-0.2, 0) is 21.4 Å².